The highest BCUT2D eigenvalue weighted by Crippen LogP contribution is 2.17. The third kappa shape index (κ3) is 2.37. The lowest BCUT2D eigenvalue weighted by Gasteiger charge is -1.97. The SMILES string of the molecule is Cc1cccc(-c2noc(Cn3cnnc3C)n2)c1. The Labute approximate surface area is 110 Å². The predicted molar refractivity (Wildman–Crippen MR) is 68.3 cm³/mol. The van der Waals surface area contributed by atoms with Crippen LogP contribution in [0.2, 0.25) is 0 Å². The average Bonchev–Trinajstić information content (AvgIpc) is 3.00. The van der Waals surface area contributed by atoms with Gasteiger partial charge in [0, 0.05) is 5.56 Å². The lowest BCUT2D eigenvalue weighted by molar-refractivity contribution is 0.370. The molecule has 6 nitrogen and oxygen atoms in total. The Balaban J connectivity index is 1.86. The molecule has 1 aromatic carbocycles. The van der Waals surface area contributed by atoms with Crippen LogP contribution in [0.1, 0.15) is 17.3 Å². The van der Waals surface area contributed by atoms with E-state index in [1.165, 1.54) is 5.56 Å². The summed E-state index contributed by atoms with van der Waals surface area (Å²) < 4.78 is 7.10. The molecule has 3 aromatic rings. The summed E-state index contributed by atoms with van der Waals surface area (Å²) in [5.74, 6) is 1.96. The van der Waals surface area contributed by atoms with Crippen LogP contribution in [0.25, 0.3) is 11.4 Å². The van der Waals surface area contributed by atoms with Crippen molar-refractivity contribution in [3.63, 3.8) is 0 Å². The van der Waals surface area contributed by atoms with Crippen LogP contribution in [0, 0.1) is 13.8 Å². The Morgan fingerprint density at radius 1 is 1.26 bits per heavy atom. The quantitative estimate of drug-likeness (QED) is 0.715. The third-order valence-corrected chi connectivity index (χ3v) is 2.86. The maximum atomic E-state index is 5.25. The van der Waals surface area contributed by atoms with Gasteiger partial charge in [0.05, 0.1) is 0 Å². The van der Waals surface area contributed by atoms with Crippen LogP contribution >= 0.6 is 0 Å². The van der Waals surface area contributed by atoms with Crippen LogP contribution in [-0.4, -0.2) is 24.9 Å². The van der Waals surface area contributed by atoms with E-state index in [4.69, 9.17) is 4.52 Å². The van der Waals surface area contributed by atoms with Gasteiger partial charge in [-0.1, -0.05) is 28.9 Å². The van der Waals surface area contributed by atoms with Gasteiger partial charge in [-0.15, -0.1) is 10.2 Å². The van der Waals surface area contributed by atoms with Crippen molar-refractivity contribution in [2.45, 2.75) is 20.4 Å². The zero-order valence-electron chi connectivity index (χ0n) is 10.7. The Hall–Kier alpha value is -2.50. The van der Waals surface area contributed by atoms with Crippen LogP contribution in [0.3, 0.4) is 0 Å². The van der Waals surface area contributed by atoms with E-state index < -0.39 is 0 Å². The van der Waals surface area contributed by atoms with Crippen molar-refractivity contribution < 1.29 is 4.52 Å². The van der Waals surface area contributed by atoms with Gasteiger partial charge in [0.1, 0.15) is 18.7 Å². The molecule has 0 atom stereocenters. The summed E-state index contributed by atoms with van der Waals surface area (Å²) in [5, 5.41) is 11.7. The van der Waals surface area contributed by atoms with Gasteiger partial charge in [-0.05, 0) is 19.9 Å². The molecule has 0 N–H and O–H groups in total. The summed E-state index contributed by atoms with van der Waals surface area (Å²) in [6.45, 7) is 4.40. The summed E-state index contributed by atoms with van der Waals surface area (Å²) >= 11 is 0. The average molecular weight is 255 g/mol. The van der Waals surface area contributed by atoms with Gasteiger partial charge < -0.3 is 9.09 Å². The molecule has 0 amide bonds. The molecule has 0 aliphatic rings. The van der Waals surface area contributed by atoms with Gasteiger partial charge in [-0.3, -0.25) is 0 Å². The first-order valence-electron chi connectivity index (χ1n) is 5.96. The molecule has 6 heteroatoms. The minimum Gasteiger partial charge on any atom is -0.337 e. The topological polar surface area (TPSA) is 69.6 Å². The molecule has 0 aliphatic heterocycles. The van der Waals surface area contributed by atoms with E-state index in [1.807, 2.05) is 42.7 Å². The number of aromatic nitrogens is 5. The molecule has 0 saturated heterocycles. The number of rotatable bonds is 3. The van der Waals surface area contributed by atoms with Crippen molar-refractivity contribution in [3.05, 3.63) is 47.9 Å². The third-order valence-electron chi connectivity index (χ3n) is 2.86. The van der Waals surface area contributed by atoms with E-state index in [-0.39, 0.29) is 0 Å². The molecule has 0 fully saturated rings. The van der Waals surface area contributed by atoms with E-state index in [9.17, 15) is 0 Å². The van der Waals surface area contributed by atoms with Gasteiger partial charge in [0.15, 0.2) is 0 Å². The van der Waals surface area contributed by atoms with Crippen molar-refractivity contribution in [1.29, 1.82) is 0 Å². The minimum atomic E-state index is 0.484. The summed E-state index contributed by atoms with van der Waals surface area (Å²) in [5.41, 5.74) is 2.12. The Morgan fingerprint density at radius 3 is 2.89 bits per heavy atom. The summed E-state index contributed by atoms with van der Waals surface area (Å²) in [4.78, 5) is 4.38. The van der Waals surface area contributed by atoms with E-state index >= 15 is 0 Å². The molecular formula is C13H13N5O. The number of benzene rings is 1. The molecule has 0 radical (unpaired) electrons. The zero-order valence-corrected chi connectivity index (χ0v) is 10.7. The second kappa shape index (κ2) is 4.64. The van der Waals surface area contributed by atoms with E-state index in [2.05, 4.69) is 20.3 Å². The first-order chi connectivity index (χ1) is 9.22. The molecule has 0 aliphatic carbocycles. The van der Waals surface area contributed by atoms with Crippen molar-refractivity contribution in [3.8, 4) is 11.4 Å². The lowest BCUT2D eigenvalue weighted by atomic mass is 10.1. The molecule has 0 bridgehead atoms. The second-order valence-corrected chi connectivity index (χ2v) is 4.39. The number of hydrogen-bond donors (Lipinski definition) is 0. The van der Waals surface area contributed by atoms with Crippen LogP contribution in [-0.2, 0) is 6.54 Å². The number of nitrogens with zero attached hydrogens (tertiary/aromatic N) is 5. The van der Waals surface area contributed by atoms with Crippen LogP contribution in [0.5, 0.6) is 0 Å². The first kappa shape index (κ1) is 11.6. The Kier molecular flexibility index (Phi) is 2.83. The summed E-state index contributed by atoms with van der Waals surface area (Å²) in [7, 11) is 0. The van der Waals surface area contributed by atoms with Crippen LogP contribution in [0.15, 0.2) is 35.1 Å². The van der Waals surface area contributed by atoms with E-state index in [1.54, 1.807) is 6.33 Å². The molecule has 0 saturated carbocycles. The highest BCUT2D eigenvalue weighted by atomic mass is 16.5. The zero-order chi connectivity index (χ0) is 13.2. The molecule has 19 heavy (non-hydrogen) atoms. The molecule has 0 spiro atoms. The van der Waals surface area contributed by atoms with Gasteiger partial charge >= 0.3 is 0 Å². The normalized spacial score (nSPS) is 10.8. The Morgan fingerprint density at radius 2 is 2.16 bits per heavy atom. The van der Waals surface area contributed by atoms with Gasteiger partial charge in [-0.25, -0.2) is 0 Å². The van der Waals surface area contributed by atoms with E-state index in [0.717, 1.165) is 11.4 Å². The van der Waals surface area contributed by atoms with Crippen LogP contribution in [0.4, 0.5) is 0 Å². The minimum absolute atomic E-state index is 0.484. The number of hydrogen-bond acceptors (Lipinski definition) is 5. The fourth-order valence-corrected chi connectivity index (χ4v) is 1.83. The standard InChI is InChI=1S/C13H13N5O/c1-9-4-3-5-11(6-9)13-15-12(19-17-13)7-18-8-14-16-10(18)2/h3-6,8H,7H2,1-2H3. The highest BCUT2D eigenvalue weighted by molar-refractivity contribution is 5.55. The lowest BCUT2D eigenvalue weighted by Crippen LogP contribution is -2.00. The molecule has 3 rings (SSSR count). The Bertz CT molecular complexity index is 700. The van der Waals surface area contributed by atoms with Crippen LogP contribution < -0.4 is 0 Å². The monoisotopic (exact) mass is 255 g/mol. The molecule has 2 heterocycles. The van der Waals surface area contributed by atoms with E-state index in [0.29, 0.717) is 18.3 Å². The maximum absolute atomic E-state index is 5.25. The molecule has 96 valence electrons. The van der Waals surface area contributed by atoms with Crippen molar-refractivity contribution in [1.82, 2.24) is 24.9 Å². The molecule has 0 unspecified atom stereocenters. The largest absolute Gasteiger partial charge is 0.337 e. The fraction of sp³-hybridized carbons (Fsp3) is 0.231. The first-order valence-corrected chi connectivity index (χ1v) is 5.96. The van der Waals surface area contributed by atoms with Crippen molar-refractivity contribution in [2.24, 2.45) is 0 Å². The smallest absolute Gasteiger partial charge is 0.247 e. The second-order valence-electron chi connectivity index (χ2n) is 4.39. The van der Waals surface area contributed by atoms with Gasteiger partial charge in [0.25, 0.3) is 0 Å². The number of aryl methyl sites for hydroxylation is 2. The molecular weight excluding hydrogens is 242 g/mol. The maximum Gasteiger partial charge on any atom is 0.247 e. The van der Waals surface area contributed by atoms with Crippen molar-refractivity contribution in [2.75, 3.05) is 0 Å². The fourth-order valence-electron chi connectivity index (χ4n) is 1.83. The predicted octanol–water partition coefficient (Wildman–Crippen LogP) is 1.99. The van der Waals surface area contributed by atoms with Gasteiger partial charge in [0.2, 0.25) is 11.7 Å². The summed E-state index contributed by atoms with van der Waals surface area (Å²) in [6, 6.07) is 8.00. The van der Waals surface area contributed by atoms with Crippen molar-refractivity contribution >= 4 is 0 Å². The summed E-state index contributed by atoms with van der Waals surface area (Å²) in [6.07, 6.45) is 1.64. The van der Waals surface area contributed by atoms with Gasteiger partial charge in [-0.2, -0.15) is 4.98 Å². The highest BCUT2D eigenvalue weighted by Gasteiger charge is 2.10. The molecule has 2 aromatic heterocycles.